The van der Waals surface area contributed by atoms with Crippen LogP contribution in [0.4, 0.5) is 0 Å². The van der Waals surface area contributed by atoms with E-state index in [2.05, 4.69) is 45.2 Å². The molecule has 2 N–H and O–H groups in total. The number of allylic oxidation sites excluding steroid dienone is 9. The van der Waals surface area contributed by atoms with E-state index in [1.165, 1.54) is 36.5 Å². The van der Waals surface area contributed by atoms with Gasteiger partial charge in [0.15, 0.2) is 0 Å². The first-order valence-corrected chi connectivity index (χ1v) is 11.6. The molecule has 0 heterocycles. The number of carbonyl (C=O) groups excluding carboxylic acids is 1. The molecule has 1 atom stereocenters. The van der Waals surface area contributed by atoms with E-state index in [1.54, 1.807) is 0 Å². The molecule has 2 rings (SSSR count). The zero-order valence-electron chi connectivity index (χ0n) is 20.5. The molecule has 0 unspecified atom stereocenters. The molecule has 1 amide bonds. The zero-order chi connectivity index (χ0) is 24.4. The van der Waals surface area contributed by atoms with E-state index in [0.717, 1.165) is 16.7 Å². The Labute approximate surface area is 198 Å². The summed E-state index contributed by atoms with van der Waals surface area (Å²) in [6.07, 6.45) is 15.5. The van der Waals surface area contributed by atoms with Crippen LogP contribution in [0.15, 0.2) is 89.1 Å². The number of rotatable bonds is 9. The summed E-state index contributed by atoms with van der Waals surface area (Å²) in [6, 6.07) is 8.30. The van der Waals surface area contributed by atoms with Crippen molar-refractivity contribution in [1.82, 2.24) is 5.32 Å². The largest absolute Gasteiger partial charge is 0.480 e. The van der Waals surface area contributed by atoms with Crippen LogP contribution in [0.25, 0.3) is 0 Å². The highest BCUT2D eigenvalue weighted by Crippen LogP contribution is 2.40. The first-order valence-electron chi connectivity index (χ1n) is 11.6. The van der Waals surface area contributed by atoms with Crippen molar-refractivity contribution in [1.29, 1.82) is 0 Å². The molecule has 1 aliphatic rings. The van der Waals surface area contributed by atoms with Gasteiger partial charge >= 0.3 is 5.97 Å². The molecule has 0 saturated heterocycles. The molecule has 0 radical (unpaired) electrons. The predicted molar refractivity (Wildman–Crippen MR) is 136 cm³/mol. The highest BCUT2D eigenvalue weighted by Gasteiger charge is 2.26. The maximum absolute atomic E-state index is 12.3. The van der Waals surface area contributed by atoms with Crippen LogP contribution in [0.3, 0.4) is 0 Å². The van der Waals surface area contributed by atoms with Crippen LogP contribution in [0.2, 0.25) is 0 Å². The van der Waals surface area contributed by atoms with Gasteiger partial charge in [0.25, 0.3) is 0 Å². The minimum absolute atomic E-state index is 0.218. The number of nitrogens with one attached hydrogen (secondary N) is 1. The Morgan fingerprint density at radius 2 is 1.82 bits per heavy atom. The summed E-state index contributed by atoms with van der Waals surface area (Å²) in [6.45, 7) is 10.7. The van der Waals surface area contributed by atoms with Crippen molar-refractivity contribution in [2.45, 2.75) is 66.3 Å². The van der Waals surface area contributed by atoms with Crippen LogP contribution in [-0.2, 0) is 16.0 Å². The van der Waals surface area contributed by atoms with Crippen LogP contribution in [-0.4, -0.2) is 23.0 Å². The second kappa shape index (κ2) is 12.2. The summed E-state index contributed by atoms with van der Waals surface area (Å²) >= 11 is 0. The second-order valence-electron chi connectivity index (χ2n) is 9.51. The molecular formula is C29H37NO3. The van der Waals surface area contributed by atoms with Crippen LogP contribution < -0.4 is 5.32 Å². The van der Waals surface area contributed by atoms with Crippen molar-refractivity contribution in [3.8, 4) is 0 Å². The van der Waals surface area contributed by atoms with Crippen LogP contribution in [0.5, 0.6) is 0 Å². The molecule has 0 spiro atoms. The van der Waals surface area contributed by atoms with Gasteiger partial charge in [-0.15, -0.1) is 0 Å². The van der Waals surface area contributed by atoms with Gasteiger partial charge in [0.2, 0.25) is 5.91 Å². The number of aliphatic carboxylic acids is 1. The average molecular weight is 448 g/mol. The van der Waals surface area contributed by atoms with E-state index >= 15 is 0 Å². The second-order valence-corrected chi connectivity index (χ2v) is 9.51. The van der Waals surface area contributed by atoms with Gasteiger partial charge in [-0.2, -0.15) is 0 Å². The van der Waals surface area contributed by atoms with Crippen molar-refractivity contribution < 1.29 is 14.7 Å². The summed E-state index contributed by atoms with van der Waals surface area (Å²) in [4.78, 5) is 23.8. The van der Waals surface area contributed by atoms with Gasteiger partial charge in [-0.1, -0.05) is 85.7 Å². The highest BCUT2D eigenvalue weighted by atomic mass is 16.4. The predicted octanol–water partition coefficient (Wildman–Crippen LogP) is 6.33. The number of hydrogen-bond acceptors (Lipinski definition) is 2. The van der Waals surface area contributed by atoms with E-state index in [4.69, 9.17) is 0 Å². The van der Waals surface area contributed by atoms with Crippen LogP contribution in [0.1, 0.15) is 59.4 Å². The fourth-order valence-corrected chi connectivity index (χ4v) is 4.15. The minimum Gasteiger partial charge on any atom is -0.480 e. The zero-order valence-corrected chi connectivity index (χ0v) is 20.5. The summed E-state index contributed by atoms with van der Waals surface area (Å²) in [5, 5.41) is 12.0. The average Bonchev–Trinajstić information content (AvgIpc) is 2.73. The first kappa shape index (κ1) is 26.1. The molecule has 4 nitrogen and oxygen atoms in total. The van der Waals surface area contributed by atoms with Gasteiger partial charge < -0.3 is 10.4 Å². The lowest BCUT2D eigenvalue weighted by Gasteiger charge is -2.32. The monoisotopic (exact) mass is 447 g/mol. The topological polar surface area (TPSA) is 66.4 Å². The maximum atomic E-state index is 12.3. The van der Waals surface area contributed by atoms with E-state index in [0.29, 0.717) is 0 Å². The lowest BCUT2D eigenvalue weighted by molar-refractivity contribution is -0.141. The molecule has 33 heavy (non-hydrogen) atoms. The molecule has 0 bridgehead atoms. The van der Waals surface area contributed by atoms with Crippen LogP contribution in [0, 0.1) is 5.41 Å². The lowest BCUT2D eigenvalue weighted by atomic mass is 9.72. The minimum atomic E-state index is -1.05. The first-order chi connectivity index (χ1) is 15.6. The number of carboxylic acids is 1. The van der Waals surface area contributed by atoms with Crippen molar-refractivity contribution in [2.75, 3.05) is 0 Å². The van der Waals surface area contributed by atoms with Crippen molar-refractivity contribution in [3.05, 3.63) is 94.6 Å². The number of hydrogen-bond donors (Lipinski definition) is 2. The Kier molecular flexibility index (Phi) is 9.65. The van der Waals surface area contributed by atoms with Crippen molar-refractivity contribution in [2.24, 2.45) is 5.41 Å². The Balaban J connectivity index is 1.96. The quantitative estimate of drug-likeness (QED) is 0.343. The summed E-state index contributed by atoms with van der Waals surface area (Å²) in [5.41, 5.74) is 5.86. The Morgan fingerprint density at radius 1 is 1.12 bits per heavy atom. The third-order valence-electron chi connectivity index (χ3n) is 6.03. The SMILES string of the molecule is CC(C=CC1=C(C)CCCC1(C)C)=CC=CC(C)=CC(=O)N[C@@H](Cc1ccccc1)C(=O)O. The van der Waals surface area contributed by atoms with Gasteiger partial charge in [0.1, 0.15) is 6.04 Å². The fraction of sp³-hybridized carbons (Fsp3) is 0.379. The number of benzene rings is 1. The molecular weight excluding hydrogens is 410 g/mol. The van der Waals surface area contributed by atoms with Gasteiger partial charge in [0.05, 0.1) is 0 Å². The third-order valence-corrected chi connectivity index (χ3v) is 6.03. The molecule has 1 aliphatic carbocycles. The summed E-state index contributed by atoms with van der Waals surface area (Å²) in [5.74, 6) is -1.46. The molecule has 1 aromatic carbocycles. The standard InChI is InChI=1S/C29H37NO3/c1-21(16-17-25-23(3)13-10-18-29(25,4)5)11-9-12-22(2)19-27(31)30-26(28(32)33)20-24-14-7-6-8-15-24/h6-9,11-12,14-17,19,26H,10,13,18,20H2,1-5H3,(H,30,31)(H,32,33)/t26-/m0/s1. The van der Waals surface area contributed by atoms with E-state index in [-0.39, 0.29) is 11.8 Å². The Morgan fingerprint density at radius 3 is 2.45 bits per heavy atom. The third kappa shape index (κ3) is 8.72. The molecule has 1 aromatic rings. The number of carboxylic acid groups (broad SMARTS) is 1. The van der Waals surface area contributed by atoms with E-state index in [1.807, 2.05) is 55.5 Å². The molecule has 0 saturated carbocycles. The maximum Gasteiger partial charge on any atom is 0.326 e. The van der Waals surface area contributed by atoms with Gasteiger partial charge in [-0.05, 0) is 62.2 Å². The van der Waals surface area contributed by atoms with Gasteiger partial charge in [0, 0.05) is 12.5 Å². The molecule has 176 valence electrons. The molecule has 0 fully saturated rings. The fourth-order valence-electron chi connectivity index (χ4n) is 4.15. The smallest absolute Gasteiger partial charge is 0.326 e. The summed E-state index contributed by atoms with van der Waals surface area (Å²) in [7, 11) is 0. The van der Waals surface area contributed by atoms with E-state index in [9.17, 15) is 14.7 Å². The van der Waals surface area contributed by atoms with Gasteiger partial charge in [-0.25, -0.2) is 4.79 Å². The summed E-state index contributed by atoms with van der Waals surface area (Å²) < 4.78 is 0. The highest BCUT2D eigenvalue weighted by molar-refractivity contribution is 5.92. The Bertz CT molecular complexity index is 991. The van der Waals surface area contributed by atoms with Crippen molar-refractivity contribution in [3.63, 3.8) is 0 Å². The van der Waals surface area contributed by atoms with Crippen LogP contribution >= 0.6 is 0 Å². The molecule has 0 aromatic heterocycles. The Hall–Kier alpha value is -3.14. The number of amides is 1. The van der Waals surface area contributed by atoms with E-state index < -0.39 is 17.9 Å². The lowest BCUT2D eigenvalue weighted by Crippen LogP contribution is -2.41. The van der Waals surface area contributed by atoms with Crippen molar-refractivity contribution >= 4 is 11.9 Å². The normalized spacial score (nSPS) is 18.1. The van der Waals surface area contributed by atoms with Gasteiger partial charge in [-0.3, -0.25) is 4.79 Å². The molecule has 0 aliphatic heterocycles. The molecule has 4 heteroatoms. The number of carbonyl (C=O) groups is 2.